The van der Waals surface area contributed by atoms with E-state index in [4.69, 9.17) is 14.2 Å². The standard InChI is InChI=1S/C17H24N2O4/c1-17(2)22-15-14(20)13(21-16(15)23-17)10-19-9-5-7-12(19)11-6-3-4-8-18-11/h3-4,6,8,12-16,20H,5,7,9-10H2,1-2H3. The lowest BCUT2D eigenvalue weighted by molar-refractivity contribution is -0.216. The molecule has 0 amide bonds. The highest BCUT2D eigenvalue weighted by Crippen LogP contribution is 2.39. The number of aromatic nitrogens is 1. The SMILES string of the molecule is CC1(C)OC2OC(CN3CCCC3c3ccccn3)C(O)C2O1. The average molecular weight is 320 g/mol. The number of aliphatic hydroxyl groups is 1. The summed E-state index contributed by atoms with van der Waals surface area (Å²) in [6, 6.07) is 6.32. The molecule has 1 N–H and O–H groups in total. The zero-order chi connectivity index (χ0) is 16.0. The Balaban J connectivity index is 1.43. The van der Waals surface area contributed by atoms with Crippen LogP contribution in [0.25, 0.3) is 0 Å². The van der Waals surface area contributed by atoms with E-state index in [1.165, 1.54) is 0 Å². The molecule has 4 heterocycles. The van der Waals surface area contributed by atoms with Crippen molar-refractivity contribution >= 4 is 0 Å². The summed E-state index contributed by atoms with van der Waals surface area (Å²) >= 11 is 0. The first kappa shape index (κ1) is 15.5. The quantitative estimate of drug-likeness (QED) is 0.909. The van der Waals surface area contributed by atoms with Crippen molar-refractivity contribution in [1.29, 1.82) is 0 Å². The van der Waals surface area contributed by atoms with Crippen LogP contribution in [-0.2, 0) is 14.2 Å². The number of ether oxygens (including phenoxy) is 3. The predicted octanol–water partition coefficient (Wildman–Crippen LogP) is 1.46. The summed E-state index contributed by atoms with van der Waals surface area (Å²) < 4.78 is 17.4. The normalized spacial score (nSPS) is 39.7. The van der Waals surface area contributed by atoms with Crippen LogP contribution in [0.1, 0.15) is 38.4 Å². The summed E-state index contributed by atoms with van der Waals surface area (Å²) in [5, 5.41) is 10.5. The number of rotatable bonds is 3. The smallest absolute Gasteiger partial charge is 0.190 e. The third kappa shape index (κ3) is 2.90. The van der Waals surface area contributed by atoms with E-state index >= 15 is 0 Å². The molecule has 5 atom stereocenters. The first-order chi connectivity index (χ1) is 11.0. The van der Waals surface area contributed by atoms with E-state index in [0.29, 0.717) is 12.6 Å². The van der Waals surface area contributed by atoms with Crippen molar-refractivity contribution in [2.24, 2.45) is 0 Å². The topological polar surface area (TPSA) is 64.1 Å². The summed E-state index contributed by atoms with van der Waals surface area (Å²) in [5.41, 5.74) is 1.09. The van der Waals surface area contributed by atoms with Gasteiger partial charge in [0, 0.05) is 12.7 Å². The molecule has 5 unspecified atom stereocenters. The maximum Gasteiger partial charge on any atom is 0.190 e. The molecule has 6 nitrogen and oxygen atoms in total. The van der Waals surface area contributed by atoms with Gasteiger partial charge in [0.05, 0.1) is 11.7 Å². The van der Waals surface area contributed by atoms with E-state index in [1.54, 1.807) is 0 Å². The largest absolute Gasteiger partial charge is 0.387 e. The second-order valence-corrected chi connectivity index (χ2v) is 7.04. The number of hydrogen-bond acceptors (Lipinski definition) is 6. The summed E-state index contributed by atoms with van der Waals surface area (Å²) in [4.78, 5) is 6.84. The van der Waals surface area contributed by atoms with Crippen LogP contribution in [0.5, 0.6) is 0 Å². The fourth-order valence-corrected chi connectivity index (χ4v) is 3.89. The van der Waals surface area contributed by atoms with Gasteiger partial charge in [-0.05, 0) is 45.4 Å². The molecule has 4 rings (SSSR count). The Morgan fingerprint density at radius 1 is 1.35 bits per heavy atom. The number of fused-ring (bicyclic) bond motifs is 1. The zero-order valence-electron chi connectivity index (χ0n) is 13.6. The lowest BCUT2D eigenvalue weighted by atomic mass is 10.1. The summed E-state index contributed by atoms with van der Waals surface area (Å²) in [7, 11) is 0. The van der Waals surface area contributed by atoms with Crippen molar-refractivity contribution in [3.05, 3.63) is 30.1 Å². The molecule has 3 aliphatic rings. The minimum atomic E-state index is -0.689. The van der Waals surface area contributed by atoms with Crippen molar-refractivity contribution in [3.63, 3.8) is 0 Å². The highest BCUT2D eigenvalue weighted by atomic mass is 16.8. The highest BCUT2D eigenvalue weighted by molar-refractivity contribution is 5.11. The summed E-state index contributed by atoms with van der Waals surface area (Å²) in [5.74, 6) is -0.689. The van der Waals surface area contributed by atoms with Crippen molar-refractivity contribution in [1.82, 2.24) is 9.88 Å². The van der Waals surface area contributed by atoms with Gasteiger partial charge in [-0.15, -0.1) is 0 Å². The van der Waals surface area contributed by atoms with Gasteiger partial charge in [0.15, 0.2) is 12.1 Å². The molecular weight excluding hydrogens is 296 g/mol. The first-order valence-electron chi connectivity index (χ1n) is 8.38. The third-order valence-electron chi connectivity index (χ3n) is 4.92. The van der Waals surface area contributed by atoms with Gasteiger partial charge in [-0.25, -0.2) is 0 Å². The molecule has 126 valence electrons. The summed E-state index contributed by atoms with van der Waals surface area (Å²) in [6.07, 6.45) is 2.24. The molecule has 0 aliphatic carbocycles. The van der Waals surface area contributed by atoms with Gasteiger partial charge in [-0.3, -0.25) is 9.88 Å². The highest BCUT2D eigenvalue weighted by Gasteiger charge is 2.54. The fourth-order valence-electron chi connectivity index (χ4n) is 3.89. The first-order valence-corrected chi connectivity index (χ1v) is 8.38. The van der Waals surface area contributed by atoms with E-state index in [0.717, 1.165) is 25.1 Å². The zero-order valence-corrected chi connectivity index (χ0v) is 13.6. The summed E-state index contributed by atoms with van der Waals surface area (Å²) in [6.45, 7) is 5.35. The van der Waals surface area contributed by atoms with Gasteiger partial charge < -0.3 is 19.3 Å². The molecular formula is C17H24N2O4. The molecule has 1 aromatic rings. The van der Waals surface area contributed by atoms with Gasteiger partial charge in [0.2, 0.25) is 0 Å². The van der Waals surface area contributed by atoms with Crippen molar-refractivity contribution < 1.29 is 19.3 Å². The van der Waals surface area contributed by atoms with Gasteiger partial charge in [-0.2, -0.15) is 0 Å². The fraction of sp³-hybridized carbons (Fsp3) is 0.706. The van der Waals surface area contributed by atoms with Crippen LogP contribution in [0.4, 0.5) is 0 Å². The number of nitrogens with zero attached hydrogens (tertiary/aromatic N) is 2. The van der Waals surface area contributed by atoms with E-state index in [9.17, 15) is 5.11 Å². The Morgan fingerprint density at radius 2 is 2.22 bits per heavy atom. The molecule has 0 saturated carbocycles. The predicted molar refractivity (Wildman–Crippen MR) is 82.5 cm³/mol. The Bertz CT molecular complexity index is 553. The van der Waals surface area contributed by atoms with Crippen molar-refractivity contribution in [3.8, 4) is 0 Å². The second-order valence-electron chi connectivity index (χ2n) is 7.04. The Morgan fingerprint density at radius 3 is 2.96 bits per heavy atom. The average Bonchev–Trinajstić information content (AvgIpc) is 3.17. The lowest BCUT2D eigenvalue weighted by Gasteiger charge is -2.29. The Hall–Kier alpha value is -1.05. The molecule has 3 saturated heterocycles. The van der Waals surface area contributed by atoms with Crippen molar-refractivity contribution in [2.75, 3.05) is 13.1 Å². The van der Waals surface area contributed by atoms with Crippen LogP contribution >= 0.6 is 0 Å². The molecule has 6 heteroatoms. The van der Waals surface area contributed by atoms with Crippen LogP contribution in [0.2, 0.25) is 0 Å². The van der Waals surface area contributed by atoms with E-state index in [2.05, 4.69) is 16.0 Å². The maximum atomic E-state index is 10.5. The lowest BCUT2D eigenvalue weighted by Crippen LogP contribution is -2.41. The van der Waals surface area contributed by atoms with Crippen LogP contribution in [-0.4, -0.2) is 58.5 Å². The van der Waals surface area contributed by atoms with Crippen molar-refractivity contribution in [2.45, 2.75) is 63.1 Å². The molecule has 0 bridgehead atoms. The van der Waals surface area contributed by atoms with Crippen LogP contribution in [0.3, 0.4) is 0 Å². The number of pyridine rings is 1. The van der Waals surface area contributed by atoms with Crippen LogP contribution in [0, 0.1) is 0 Å². The molecule has 3 fully saturated rings. The van der Waals surface area contributed by atoms with Crippen LogP contribution in [0.15, 0.2) is 24.4 Å². The molecule has 23 heavy (non-hydrogen) atoms. The Kier molecular flexibility index (Phi) is 3.90. The molecule has 0 radical (unpaired) electrons. The third-order valence-corrected chi connectivity index (χ3v) is 4.92. The van der Waals surface area contributed by atoms with E-state index < -0.39 is 24.3 Å². The number of aliphatic hydroxyl groups excluding tert-OH is 1. The molecule has 3 aliphatic heterocycles. The Labute approximate surface area is 136 Å². The van der Waals surface area contributed by atoms with Crippen LogP contribution < -0.4 is 0 Å². The minimum Gasteiger partial charge on any atom is -0.387 e. The minimum absolute atomic E-state index is 0.287. The van der Waals surface area contributed by atoms with Gasteiger partial charge >= 0.3 is 0 Å². The van der Waals surface area contributed by atoms with E-state index in [-0.39, 0.29) is 6.10 Å². The van der Waals surface area contributed by atoms with E-state index in [1.807, 2.05) is 32.2 Å². The van der Waals surface area contributed by atoms with Gasteiger partial charge in [0.1, 0.15) is 18.3 Å². The monoisotopic (exact) mass is 320 g/mol. The molecule has 0 spiro atoms. The van der Waals surface area contributed by atoms with Gasteiger partial charge in [-0.1, -0.05) is 6.07 Å². The maximum absolute atomic E-state index is 10.5. The second kappa shape index (κ2) is 5.79. The molecule has 1 aromatic heterocycles. The van der Waals surface area contributed by atoms with Gasteiger partial charge in [0.25, 0.3) is 0 Å². The number of hydrogen-bond donors (Lipinski definition) is 1. The molecule has 0 aromatic carbocycles. The number of likely N-dealkylation sites (tertiary alicyclic amines) is 1.